The third-order valence-corrected chi connectivity index (χ3v) is 10.8. The Hall–Kier alpha value is -3.87. The molecule has 0 aromatic heterocycles. The van der Waals surface area contributed by atoms with E-state index in [2.05, 4.69) is 40.8 Å². The van der Waals surface area contributed by atoms with Gasteiger partial charge in [0.15, 0.2) is 0 Å². The van der Waals surface area contributed by atoms with Crippen LogP contribution in [0.1, 0.15) is 5.56 Å². The molecular formula is C26H26N4O3Si. The fourth-order valence-electron chi connectivity index (χ4n) is 4.57. The molecule has 2 atom stereocenters. The maximum absolute atomic E-state index is 13.7. The fourth-order valence-corrected chi connectivity index (χ4v) is 8.26. The SMILES string of the molecule is C[Si](C[C@H](N=[N+]=[N-])C(=O)N1C(=O)OC[C@H]1Cc1ccccc1)(c1ccccc1)c1ccccc1. The average Bonchev–Trinajstić information content (AvgIpc) is 3.24. The molecule has 7 nitrogen and oxygen atoms in total. The number of hydrogen-bond acceptors (Lipinski definition) is 4. The van der Waals surface area contributed by atoms with E-state index in [4.69, 9.17) is 4.74 Å². The summed E-state index contributed by atoms with van der Waals surface area (Å²) in [5, 5.41) is 6.14. The van der Waals surface area contributed by atoms with Gasteiger partial charge in [0.1, 0.15) is 20.7 Å². The zero-order valence-electron chi connectivity index (χ0n) is 18.9. The Labute approximate surface area is 199 Å². The number of nitrogens with zero attached hydrogens (tertiary/aromatic N) is 4. The van der Waals surface area contributed by atoms with Crippen LogP contribution in [0.25, 0.3) is 10.4 Å². The van der Waals surface area contributed by atoms with Gasteiger partial charge in [-0.3, -0.25) is 4.79 Å². The Morgan fingerprint density at radius 3 is 2.09 bits per heavy atom. The number of benzene rings is 3. The second-order valence-corrected chi connectivity index (χ2v) is 12.8. The molecule has 1 fully saturated rings. The van der Waals surface area contributed by atoms with Gasteiger partial charge in [-0.05, 0) is 23.6 Å². The van der Waals surface area contributed by atoms with Gasteiger partial charge in [0.05, 0.1) is 6.04 Å². The maximum Gasteiger partial charge on any atom is 0.416 e. The van der Waals surface area contributed by atoms with Crippen molar-refractivity contribution in [1.29, 1.82) is 0 Å². The molecule has 4 rings (SSSR count). The molecule has 0 spiro atoms. The molecule has 0 saturated carbocycles. The number of cyclic esters (lactones) is 1. The number of imide groups is 1. The first-order chi connectivity index (χ1) is 16.5. The zero-order valence-corrected chi connectivity index (χ0v) is 19.9. The largest absolute Gasteiger partial charge is 0.447 e. The minimum Gasteiger partial charge on any atom is -0.447 e. The highest BCUT2D eigenvalue weighted by atomic mass is 28.3. The highest BCUT2D eigenvalue weighted by molar-refractivity contribution is 7.01. The van der Waals surface area contributed by atoms with Crippen LogP contribution in [0.15, 0.2) is 96.1 Å². The first kappa shape index (κ1) is 23.3. The van der Waals surface area contributed by atoms with E-state index in [0.29, 0.717) is 12.5 Å². The summed E-state index contributed by atoms with van der Waals surface area (Å²) in [6, 6.07) is 28.5. The van der Waals surface area contributed by atoms with E-state index in [9.17, 15) is 15.1 Å². The van der Waals surface area contributed by atoms with Crippen LogP contribution < -0.4 is 10.4 Å². The molecule has 2 amide bonds. The predicted molar refractivity (Wildman–Crippen MR) is 134 cm³/mol. The summed E-state index contributed by atoms with van der Waals surface area (Å²) in [5.41, 5.74) is 10.3. The first-order valence-corrected chi connectivity index (χ1v) is 13.9. The number of ether oxygens (including phenoxy) is 1. The molecule has 3 aromatic carbocycles. The van der Waals surface area contributed by atoms with Crippen molar-refractivity contribution in [2.75, 3.05) is 6.61 Å². The smallest absolute Gasteiger partial charge is 0.416 e. The molecule has 0 bridgehead atoms. The van der Waals surface area contributed by atoms with E-state index >= 15 is 0 Å². The van der Waals surface area contributed by atoms with Gasteiger partial charge in [-0.25, -0.2) is 9.69 Å². The Morgan fingerprint density at radius 1 is 1.03 bits per heavy atom. The van der Waals surface area contributed by atoms with Crippen molar-refractivity contribution in [3.8, 4) is 0 Å². The molecule has 0 N–H and O–H groups in total. The average molecular weight is 471 g/mol. The molecule has 0 radical (unpaired) electrons. The van der Waals surface area contributed by atoms with Crippen molar-refractivity contribution in [1.82, 2.24) is 4.90 Å². The minimum atomic E-state index is -2.50. The fraction of sp³-hybridized carbons (Fsp3) is 0.231. The Balaban J connectivity index is 1.66. The van der Waals surface area contributed by atoms with Crippen molar-refractivity contribution in [3.05, 3.63) is 107 Å². The Bertz CT molecular complexity index is 1140. The second-order valence-electron chi connectivity index (χ2n) is 8.62. The molecule has 0 aliphatic carbocycles. The van der Waals surface area contributed by atoms with Gasteiger partial charge in [0.25, 0.3) is 0 Å². The van der Waals surface area contributed by atoms with Gasteiger partial charge in [-0.1, -0.05) is 113 Å². The number of carbonyl (C=O) groups is 2. The molecule has 1 aliphatic rings. The van der Waals surface area contributed by atoms with Crippen molar-refractivity contribution in [2.45, 2.75) is 31.1 Å². The van der Waals surface area contributed by atoms with Gasteiger partial charge in [0.2, 0.25) is 5.91 Å². The van der Waals surface area contributed by atoms with Gasteiger partial charge in [-0.15, -0.1) is 0 Å². The lowest BCUT2D eigenvalue weighted by molar-refractivity contribution is -0.130. The number of amides is 2. The van der Waals surface area contributed by atoms with Crippen molar-refractivity contribution in [3.63, 3.8) is 0 Å². The number of rotatable bonds is 8. The summed E-state index contributed by atoms with van der Waals surface area (Å²) < 4.78 is 5.24. The third-order valence-electron chi connectivity index (χ3n) is 6.41. The van der Waals surface area contributed by atoms with E-state index in [-0.39, 0.29) is 6.61 Å². The van der Waals surface area contributed by atoms with Gasteiger partial charge in [-0.2, -0.15) is 0 Å². The molecule has 3 aromatic rings. The molecule has 8 heteroatoms. The van der Waals surface area contributed by atoms with E-state index in [1.165, 1.54) is 0 Å². The van der Waals surface area contributed by atoms with Gasteiger partial charge < -0.3 is 4.74 Å². The maximum atomic E-state index is 13.7. The molecule has 0 unspecified atom stereocenters. The van der Waals surface area contributed by atoms with E-state index in [1.807, 2.05) is 66.7 Å². The van der Waals surface area contributed by atoms with E-state index < -0.39 is 32.2 Å². The topological polar surface area (TPSA) is 95.4 Å². The lowest BCUT2D eigenvalue weighted by Crippen LogP contribution is -2.59. The predicted octanol–water partition coefficient (Wildman–Crippen LogP) is 4.15. The summed E-state index contributed by atoms with van der Waals surface area (Å²) >= 11 is 0. The van der Waals surface area contributed by atoms with Gasteiger partial charge in [0, 0.05) is 4.91 Å². The van der Waals surface area contributed by atoms with E-state index in [1.54, 1.807) is 0 Å². The number of hydrogen-bond donors (Lipinski definition) is 0. The molecule has 34 heavy (non-hydrogen) atoms. The van der Waals surface area contributed by atoms with Crippen LogP contribution in [-0.2, 0) is 16.0 Å². The third kappa shape index (κ3) is 4.88. The minimum absolute atomic E-state index is 0.120. The molecule has 1 saturated heterocycles. The van der Waals surface area contributed by atoms with Crippen LogP contribution >= 0.6 is 0 Å². The van der Waals surface area contributed by atoms with Crippen LogP contribution in [-0.4, -0.2) is 43.7 Å². The highest BCUT2D eigenvalue weighted by Crippen LogP contribution is 2.23. The summed E-state index contributed by atoms with van der Waals surface area (Å²) in [7, 11) is -2.50. The summed E-state index contributed by atoms with van der Waals surface area (Å²) in [5.74, 6) is -0.508. The standard InChI is InChI=1S/C26H26N4O3Si/c1-34(22-13-7-3-8-14-22,23-15-9-4-10-16-23)19-24(28-29-27)25(31)30-21(18-33-26(30)32)17-20-11-5-2-6-12-20/h2-16,21,24H,17-19H2,1H3/t21-,24+/m1/s1. The van der Waals surface area contributed by atoms with Crippen LogP contribution in [0.2, 0.25) is 12.6 Å². The number of azide groups is 1. The van der Waals surface area contributed by atoms with Gasteiger partial charge >= 0.3 is 6.09 Å². The second kappa shape index (κ2) is 10.4. The van der Waals surface area contributed by atoms with Crippen LogP contribution in [0.4, 0.5) is 4.79 Å². The quantitative estimate of drug-likeness (QED) is 0.214. The van der Waals surface area contributed by atoms with Crippen LogP contribution in [0, 0.1) is 0 Å². The monoisotopic (exact) mass is 470 g/mol. The summed E-state index contributed by atoms with van der Waals surface area (Å²) in [4.78, 5) is 30.4. The van der Waals surface area contributed by atoms with Crippen molar-refractivity contribution >= 4 is 30.4 Å². The lowest BCUT2D eigenvalue weighted by Gasteiger charge is -2.32. The Kier molecular flexibility index (Phi) is 7.11. The molecule has 1 heterocycles. The van der Waals surface area contributed by atoms with Crippen LogP contribution in [0.5, 0.6) is 0 Å². The number of carbonyl (C=O) groups excluding carboxylic acids is 2. The van der Waals surface area contributed by atoms with E-state index in [0.717, 1.165) is 20.8 Å². The zero-order chi connectivity index (χ0) is 24.0. The first-order valence-electron chi connectivity index (χ1n) is 11.2. The lowest BCUT2D eigenvalue weighted by atomic mass is 10.1. The van der Waals surface area contributed by atoms with Crippen molar-refractivity contribution < 1.29 is 14.3 Å². The highest BCUT2D eigenvalue weighted by Gasteiger charge is 2.44. The normalized spacial score (nSPS) is 16.4. The molecular weight excluding hydrogens is 444 g/mol. The summed E-state index contributed by atoms with van der Waals surface area (Å²) in [6.07, 6.45) is -0.209. The van der Waals surface area contributed by atoms with Crippen molar-refractivity contribution in [2.24, 2.45) is 5.11 Å². The Morgan fingerprint density at radius 2 is 1.56 bits per heavy atom. The summed E-state index contributed by atoms with van der Waals surface area (Å²) in [6.45, 7) is 2.28. The van der Waals surface area contributed by atoms with Crippen LogP contribution in [0.3, 0.4) is 0 Å². The molecule has 172 valence electrons. The molecule has 1 aliphatic heterocycles.